The van der Waals surface area contributed by atoms with E-state index in [1.165, 1.54) is 12.8 Å². The van der Waals surface area contributed by atoms with Gasteiger partial charge in [0.05, 0.1) is 19.4 Å². The number of aromatic nitrogens is 1. The van der Waals surface area contributed by atoms with Crippen LogP contribution in [0, 0.1) is 11.8 Å². The minimum absolute atomic E-state index is 0.0903. The van der Waals surface area contributed by atoms with Gasteiger partial charge < -0.3 is 19.2 Å². The minimum atomic E-state index is -0.229. The highest BCUT2D eigenvalue weighted by Crippen LogP contribution is 2.32. The largest absolute Gasteiger partial charge is 0.467 e. The lowest BCUT2D eigenvalue weighted by molar-refractivity contribution is -0.134. The van der Waals surface area contributed by atoms with Crippen molar-refractivity contribution < 1.29 is 18.5 Å². The Balaban J connectivity index is 1.40. The highest BCUT2D eigenvalue weighted by molar-refractivity contribution is 5.92. The molecule has 1 N–H and O–H groups in total. The normalized spacial score (nSPS) is 16.6. The molecule has 0 aliphatic heterocycles. The van der Waals surface area contributed by atoms with Gasteiger partial charge in [0.1, 0.15) is 5.76 Å². The van der Waals surface area contributed by atoms with Gasteiger partial charge in [-0.3, -0.25) is 9.59 Å². The maximum Gasteiger partial charge on any atom is 0.273 e. The molecule has 25 heavy (non-hydrogen) atoms. The number of amides is 2. The number of carbonyl (C=O) groups is 2. The quantitative estimate of drug-likeness (QED) is 0.795. The molecule has 7 heteroatoms. The molecule has 2 aliphatic carbocycles. The molecule has 0 aromatic carbocycles. The zero-order chi connectivity index (χ0) is 17.2. The fourth-order valence-corrected chi connectivity index (χ4v) is 2.72. The van der Waals surface area contributed by atoms with E-state index >= 15 is 0 Å². The Labute approximate surface area is 145 Å². The number of nitrogens with zero attached hydrogens (tertiary/aromatic N) is 2. The summed E-state index contributed by atoms with van der Waals surface area (Å²) in [5.41, 5.74) is 0.257. The first kappa shape index (κ1) is 15.9. The van der Waals surface area contributed by atoms with Crippen molar-refractivity contribution in [2.75, 3.05) is 6.54 Å². The van der Waals surface area contributed by atoms with Crippen molar-refractivity contribution in [3.05, 3.63) is 41.7 Å². The van der Waals surface area contributed by atoms with Crippen LogP contribution in [0.25, 0.3) is 0 Å². The van der Waals surface area contributed by atoms with Crippen molar-refractivity contribution in [1.29, 1.82) is 0 Å². The number of carbonyl (C=O) groups excluding carboxylic acids is 2. The Morgan fingerprint density at radius 1 is 1.20 bits per heavy atom. The Morgan fingerprint density at radius 2 is 2.00 bits per heavy atom. The van der Waals surface area contributed by atoms with E-state index in [0.717, 1.165) is 18.6 Å². The average molecular weight is 343 g/mol. The number of hydrogen-bond donors (Lipinski definition) is 1. The van der Waals surface area contributed by atoms with Gasteiger partial charge in [-0.2, -0.15) is 0 Å². The molecule has 2 heterocycles. The van der Waals surface area contributed by atoms with E-state index in [4.69, 9.17) is 8.94 Å². The van der Waals surface area contributed by atoms with Gasteiger partial charge in [0, 0.05) is 18.5 Å². The van der Waals surface area contributed by atoms with Gasteiger partial charge in [-0.1, -0.05) is 5.16 Å². The fraction of sp³-hybridized carbons (Fsp3) is 0.500. The molecule has 2 aromatic heterocycles. The molecular formula is C18H21N3O4. The molecule has 2 aliphatic rings. The summed E-state index contributed by atoms with van der Waals surface area (Å²) in [6.45, 7) is 1.34. The lowest BCUT2D eigenvalue weighted by atomic mass is 10.2. The summed E-state index contributed by atoms with van der Waals surface area (Å²) in [5.74, 6) is 1.78. The summed E-state index contributed by atoms with van der Waals surface area (Å²) in [6, 6.07) is 5.24. The highest BCUT2D eigenvalue weighted by atomic mass is 16.5. The average Bonchev–Trinajstić information content (AvgIpc) is 3.53. The molecule has 0 bridgehead atoms. The molecule has 132 valence electrons. The van der Waals surface area contributed by atoms with E-state index in [1.54, 1.807) is 23.3 Å². The van der Waals surface area contributed by atoms with Crippen molar-refractivity contribution >= 4 is 11.8 Å². The summed E-state index contributed by atoms with van der Waals surface area (Å²) in [7, 11) is 0. The van der Waals surface area contributed by atoms with Gasteiger partial charge in [0.2, 0.25) is 5.91 Å². The van der Waals surface area contributed by atoms with Crippen LogP contribution in [-0.2, 0) is 17.9 Å². The first-order chi connectivity index (χ1) is 12.2. The second kappa shape index (κ2) is 6.74. The van der Waals surface area contributed by atoms with Gasteiger partial charge in [-0.25, -0.2) is 0 Å². The maximum atomic E-state index is 12.5. The Hall–Kier alpha value is -2.57. The number of hydrogen-bond acceptors (Lipinski definition) is 5. The minimum Gasteiger partial charge on any atom is -0.467 e. The second-order valence-electron chi connectivity index (χ2n) is 6.88. The van der Waals surface area contributed by atoms with Crippen LogP contribution in [0.4, 0.5) is 0 Å². The molecule has 0 saturated heterocycles. The molecule has 7 nitrogen and oxygen atoms in total. The lowest BCUT2D eigenvalue weighted by Crippen LogP contribution is -2.31. The van der Waals surface area contributed by atoms with Crippen molar-refractivity contribution in [3.63, 3.8) is 0 Å². The topological polar surface area (TPSA) is 88.6 Å². The summed E-state index contributed by atoms with van der Waals surface area (Å²) in [5, 5.41) is 6.69. The first-order valence-electron chi connectivity index (χ1n) is 8.74. The maximum absolute atomic E-state index is 12.5. The van der Waals surface area contributed by atoms with Crippen molar-refractivity contribution in [1.82, 2.24) is 15.4 Å². The Bertz CT molecular complexity index is 744. The van der Waals surface area contributed by atoms with Gasteiger partial charge in [-0.05, 0) is 43.7 Å². The predicted molar refractivity (Wildman–Crippen MR) is 87.2 cm³/mol. The molecule has 2 amide bonds. The van der Waals surface area contributed by atoms with Crippen LogP contribution in [0.2, 0.25) is 0 Å². The second-order valence-corrected chi connectivity index (χ2v) is 6.88. The van der Waals surface area contributed by atoms with Gasteiger partial charge in [0.15, 0.2) is 11.5 Å². The van der Waals surface area contributed by atoms with Gasteiger partial charge in [0.25, 0.3) is 5.91 Å². The lowest BCUT2D eigenvalue weighted by Gasteiger charge is -2.20. The molecule has 0 atom stereocenters. The summed E-state index contributed by atoms with van der Waals surface area (Å²) in [4.78, 5) is 26.3. The third kappa shape index (κ3) is 4.10. The van der Waals surface area contributed by atoms with E-state index in [9.17, 15) is 9.59 Å². The van der Waals surface area contributed by atoms with Gasteiger partial charge >= 0.3 is 0 Å². The fourth-order valence-electron chi connectivity index (χ4n) is 2.72. The highest BCUT2D eigenvalue weighted by Gasteiger charge is 2.34. The predicted octanol–water partition coefficient (Wildman–Crippen LogP) is 2.35. The Kier molecular flexibility index (Phi) is 4.29. The Morgan fingerprint density at radius 3 is 2.68 bits per heavy atom. The number of rotatable bonds is 8. The van der Waals surface area contributed by atoms with E-state index in [0.29, 0.717) is 24.8 Å². The molecule has 0 unspecified atom stereocenters. The van der Waals surface area contributed by atoms with E-state index in [1.807, 2.05) is 6.07 Å². The molecule has 2 fully saturated rings. The van der Waals surface area contributed by atoms with Crippen LogP contribution in [0.15, 0.2) is 33.4 Å². The SMILES string of the molecule is O=C(NCC1CC1)c1cc(CN(Cc2ccco2)C(=O)C2CC2)on1. The summed E-state index contributed by atoms with van der Waals surface area (Å²) >= 11 is 0. The first-order valence-corrected chi connectivity index (χ1v) is 8.74. The van der Waals surface area contributed by atoms with Crippen LogP contribution >= 0.6 is 0 Å². The zero-order valence-corrected chi connectivity index (χ0v) is 13.9. The standard InChI is InChI=1S/C18H21N3O4/c22-17(19-9-12-3-4-12)16-8-15(25-20-16)11-21(18(23)13-5-6-13)10-14-2-1-7-24-14/h1-2,7-8,12-13H,3-6,9-11H2,(H,19,22). The third-order valence-electron chi connectivity index (χ3n) is 4.55. The summed E-state index contributed by atoms with van der Waals surface area (Å²) in [6.07, 6.45) is 5.80. The van der Waals surface area contributed by atoms with Crippen LogP contribution in [0.3, 0.4) is 0 Å². The summed E-state index contributed by atoms with van der Waals surface area (Å²) < 4.78 is 10.6. The molecule has 2 saturated carbocycles. The zero-order valence-electron chi connectivity index (χ0n) is 13.9. The van der Waals surface area contributed by atoms with Gasteiger partial charge in [-0.15, -0.1) is 0 Å². The van der Waals surface area contributed by atoms with Crippen LogP contribution in [-0.4, -0.2) is 28.4 Å². The van der Waals surface area contributed by atoms with Crippen molar-refractivity contribution in [3.8, 4) is 0 Å². The van der Waals surface area contributed by atoms with Crippen molar-refractivity contribution in [2.24, 2.45) is 11.8 Å². The van der Waals surface area contributed by atoms with E-state index in [2.05, 4.69) is 10.5 Å². The van der Waals surface area contributed by atoms with Crippen LogP contribution < -0.4 is 5.32 Å². The molecule has 4 rings (SSSR count). The van der Waals surface area contributed by atoms with E-state index in [-0.39, 0.29) is 30.0 Å². The van der Waals surface area contributed by atoms with E-state index < -0.39 is 0 Å². The molecule has 2 aromatic rings. The van der Waals surface area contributed by atoms with Crippen LogP contribution in [0.1, 0.15) is 47.7 Å². The molecular weight excluding hydrogens is 322 g/mol. The smallest absolute Gasteiger partial charge is 0.273 e. The van der Waals surface area contributed by atoms with Crippen LogP contribution in [0.5, 0.6) is 0 Å². The van der Waals surface area contributed by atoms with Crippen molar-refractivity contribution in [2.45, 2.75) is 38.8 Å². The number of nitrogens with one attached hydrogen (secondary N) is 1. The molecule has 0 radical (unpaired) electrons. The third-order valence-corrected chi connectivity index (χ3v) is 4.55. The number of furan rings is 1. The monoisotopic (exact) mass is 343 g/mol. The molecule has 0 spiro atoms.